The molecule has 28 heavy (non-hydrogen) atoms. The number of nitriles is 2. The molecular weight excluding hydrogens is 612 g/mol. The van der Waals surface area contributed by atoms with Crippen molar-refractivity contribution in [1.82, 2.24) is 0 Å². The van der Waals surface area contributed by atoms with Crippen LogP contribution >= 0.6 is 63.7 Å². The number of rotatable bonds is 4. The quantitative estimate of drug-likeness (QED) is 0.317. The van der Waals surface area contributed by atoms with Gasteiger partial charge in [-0.15, -0.1) is 0 Å². The summed E-state index contributed by atoms with van der Waals surface area (Å²) in [5, 5.41) is 19.6. The van der Waals surface area contributed by atoms with Gasteiger partial charge in [0.05, 0.1) is 24.0 Å². The third-order valence-corrected chi connectivity index (χ3v) is 6.46. The Morgan fingerprint density at radius 3 is 1.68 bits per heavy atom. The van der Waals surface area contributed by atoms with Gasteiger partial charge in [-0.3, -0.25) is 0 Å². The molecule has 1 aliphatic carbocycles. The second-order valence-corrected chi connectivity index (χ2v) is 9.66. The van der Waals surface area contributed by atoms with E-state index in [1.54, 1.807) is 0 Å². The van der Waals surface area contributed by atoms with Crippen LogP contribution < -0.4 is 0 Å². The third kappa shape index (κ3) is 8.78. The van der Waals surface area contributed by atoms with E-state index in [0.29, 0.717) is 6.42 Å². The van der Waals surface area contributed by atoms with Crippen LogP contribution in [-0.2, 0) is 11.8 Å². The van der Waals surface area contributed by atoms with Crippen LogP contribution in [0.25, 0.3) is 0 Å². The van der Waals surface area contributed by atoms with E-state index in [4.69, 9.17) is 10.5 Å². The summed E-state index contributed by atoms with van der Waals surface area (Å²) in [5.74, 6) is 0. The van der Waals surface area contributed by atoms with Crippen molar-refractivity contribution in [2.75, 3.05) is 10.7 Å². The molecule has 0 N–H and O–H groups in total. The van der Waals surface area contributed by atoms with E-state index in [9.17, 15) is 0 Å². The molecule has 0 unspecified atom stereocenters. The van der Waals surface area contributed by atoms with E-state index < -0.39 is 0 Å². The smallest absolute Gasteiger partial charge is 0.0822 e. The van der Waals surface area contributed by atoms with E-state index in [-0.39, 0.29) is 6.84 Å². The molecule has 0 bridgehead atoms. The summed E-state index contributed by atoms with van der Waals surface area (Å²) >= 11 is 13.3. The molecule has 3 rings (SSSR count). The van der Waals surface area contributed by atoms with Gasteiger partial charge in [0, 0.05) is 21.0 Å². The number of hydrogen-bond donors (Lipinski definition) is 0. The summed E-state index contributed by atoms with van der Waals surface area (Å²) in [4.78, 5) is 0. The zero-order chi connectivity index (χ0) is 20.8. The van der Waals surface area contributed by atoms with E-state index in [1.807, 2.05) is 48.5 Å². The Kier molecular flexibility index (Phi) is 13.0. The highest BCUT2D eigenvalue weighted by Crippen LogP contribution is 2.43. The largest absolute Gasteiger partial charge is 0.198 e. The highest BCUT2D eigenvalue weighted by Gasteiger charge is 2.38. The van der Waals surface area contributed by atoms with E-state index in [1.165, 1.54) is 18.4 Å². The molecule has 2 aromatic rings. The minimum Gasteiger partial charge on any atom is -0.198 e. The zero-order valence-corrected chi connectivity index (χ0v) is 21.8. The highest BCUT2D eigenvalue weighted by atomic mass is 79.9. The molecule has 0 spiro atoms. The van der Waals surface area contributed by atoms with Crippen molar-refractivity contribution in [3.8, 4) is 12.1 Å². The van der Waals surface area contributed by atoms with Gasteiger partial charge in [-0.05, 0) is 61.1 Å². The molecule has 1 saturated carbocycles. The Morgan fingerprint density at radius 1 is 0.857 bits per heavy atom. The van der Waals surface area contributed by atoms with Crippen LogP contribution in [0.2, 0.25) is 0 Å². The Morgan fingerprint density at radius 2 is 1.36 bits per heavy atom. The minimum absolute atomic E-state index is 0. The van der Waals surface area contributed by atoms with Gasteiger partial charge in [-0.2, -0.15) is 10.5 Å². The predicted molar refractivity (Wildman–Crippen MR) is 133 cm³/mol. The molecule has 0 atom stereocenters. The monoisotopic (exact) mass is 632 g/mol. The van der Waals surface area contributed by atoms with E-state index in [0.717, 1.165) is 38.0 Å². The fourth-order valence-electron chi connectivity index (χ4n) is 2.51. The first-order chi connectivity index (χ1) is 13.5. The molecule has 0 radical (unpaired) electrons. The molecule has 150 valence electrons. The standard InChI is InChI=1S/C11H10BrN.C8H6BrN.C3H6Br2.H2/c12-10-4-2-9(3-5-10)11(8-13)6-1-7-11;9-8-3-1-7(2-4-8)5-6-10;4-2-1-3-5;/h2-5H,1,6-7H2;1-4H,5H2;1-3H2;1H. The maximum atomic E-state index is 9.10. The Balaban J connectivity index is 0.000000439. The van der Waals surface area contributed by atoms with Crippen molar-refractivity contribution >= 4 is 63.7 Å². The van der Waals surface area contributed by atoms with Crippen molar-refractivity contribution in [3.63, 3.8) is 0 Å². The lowest BCUT2D eigenvalue weighted by atomic mass is 9.66. The van der Waals surface area contributed by atoms with Crippen molar-refractivity contribution in [1.29, 1.82) is 10.5 Å². The number of halogens is 4. The zero-order valence-electron chi connectivity index (χ0n) is 15.5. The first-order valence-corrected chi connectivity index (χ1v) is 12.7. The lowest BCUT2D eigenvalue weighted by Crippen LogP contribution is -2.32. The van der Waals surface area contributed by atoms with Gasteiger partial charge >= 0.3 is 0 Å². The second-order valence-electron chi connectivity index (χ2n) is 6.25. The molecule has 0 amide bonds. The predicted octanol–water partition coefficient (Wildman–Crippen LogP) is 8.32. The summed E-state index contributed by atoms with van der Waals surface area (Å²) in [6.45, 7) is 0. The van der Waals surface area contributed by atoms with Gasteiger partial charge in [0.15, 0.2) is 0 Å². The molecule has 0 saturated heterocycles. The lowest BCUT2D eigenvalue weighted by molar-refractivity contribution is 0.324. The molecule has 1 aliphatic rings. The van der Waals surface area contributed by atoms with Crippen LogP contribution in [0.5, 0.6) is 0 Å². The van der Waals surface area contributed by atoms with Crippen LogP contribution in [0.3, 0.4) is 0 Å². The molecule has 2 nitrogen and oxygen atoms in total. The molecular formula is C22H24Br4N2. The van der Waals surface area contributed by atoms with Crippen LogP contribution in [0.15, 0.2) is 57.5 Å². The summed E-state index contributed by atoms with van der Waals surface area (Å²) in [6.07, 6.45) is 4.94. The molecule has 0 aromatic heterocycles. The number of nitrogens with zero attached hydrogens (tertiary/aromatic N) is 2. The van der Waals surface area contributed by atoms with Crippen LogP contribution in [0.4, 0.5) is 0 Å². The Labute approximate surface area is 203 Å². The fourth-order valence-corrected chi connectivity index (χ4v) is 4.35. The molecule has 0 aliphatic heterocycles. The SMILES string of the molecule is BrCCCBr.N#CC1(c2ccc(Br)cc2)CCC1.N#CCc1ccc(Br)cc1.[HH]. The molecule has 2 aromatic carbocycles. The second kappa shape index (κ2) is 14.3. The summed E-state index contributed by atoms with van der Waals surface area (Å²) in [7, 11) is 0. The first-order valence-electron chi connectivity index (χ1n) is 8.92. The topological polar surface area (TPSA) is 47.6 Å². The van der Waals surface area contributed by atoms with Crippen molar-refractivity contribution in [2.45, 2.75) is 37.5 Å². The Hall–Kier alpha value is -0.660. The highest BCUT2D eigenvalue weighted by molar-refractivity contribution is 9.11. The van der Waals surface area contributed by atoms with Gasteiger partial charge in [0.2, 0.25) is 0 Å². The molecule has 6 heteroatoms. The van der Waals surface area contributed by atoms with Crippen molar-refractivity contribution in [2.24, 2.45) is 0 Å². The summed E-state index contributed by atoms with van der Waals surface area (Å²) in [6, 6.07) is 20.4. The van der Waals surface area contributed by atoms with Gasteiger partial charge in [0.25, 0.3) is 0 Å². The van der Waals surface area contributed by atoms with Gasteiger partial charge in [-0.1, -0.05) is 88.0 Å². The Bertz CT molecular complexity index is 774. The average Bonchev–Trinajstić information content (AvgIpc) is 2.67. The van der Waals surface area contributed by atoms with Crippen molar-refractivity contribution < 1.29 is 1.43 Å². The third-order valence-electron chi connectivity index (χ3n) is 4.28. The summed E-state index contributed by atoms with van der Waals surface area (Å²) in [5.41, 5.74) is 2.07. The van der Waals surface area contributed by atoms with Gasteiger partial charge in [0.1, 0.15) is 0 Å². The number of benzene rings is 2. The minimum atomic E-state index is -0.166. The first kappa shape index (κ1) is 25.4. The van der Waals surface area contributed by atoms with Crippen LogP contribution in [0.1, 0.15) is 38.2 Å². The van der Waals surface area contributed by atoms with E-state index >= 15 is 0 Å². The maximum Gasteiger partial charge on any atom is 0.0822 e. The average molecular weight is 636 g/mol. The maximum absolute atomic E-state index is 9.10. The molecule has 0 heterocycles. The van der Waals surface area contributed by atoms with Crippen molar-refractivity contribution in [3.05, 3.63) is 68.6 Å². The number of alkyl halides is 2. The molecule has 1 fully saturated rings. The van der Waals surface area contributed by atoms with Gasteiger partial charge in [-0.25, -0.2) is 0 Å². The number of hydrogen-bond acceptors (Lipinski definition) is 2. The summed E-state index contributed by atoms with van der Waals surface area (Å²) < 4.78 is 2.12. The van der Waals surface area contributed by atoms with E-state index in [2.05, 4.69) is 75.9 Å². The normalized spacial score (nSPS) is 13.4. The van der Waals surface area contributed by atoms with Crippen LogP contribution in [0, 0.1) is 22.7 Å². The lowest BCUT2D eigenvalue weighted by Gasteiger charge is -2.35. The fraction of sp³-hybridized carbons (Fsp3) is 0.364. The van der Waals surface area contributed by atoms with Gasteiger partial charge < -0.3 is 0 Å². The van der Waals surface area contributed by atoms with Crippen LogP contribution in [-0.4, -0.2) is 10.7 Å².